The Morgan fingerprint density at radius 3 is 2.60 bits per heavy atom. The normalized spacial score (nSPS) is 9.95. The first-order chi connectivity index (χ1) is 9.58. The van der Waals surface area contributed by atoms with Gasteiger partial charge < -0.3 is 10.6 Å². The number of halogens is 1. The van der Waals surface area contributed by atoms with Crippen LogP contribution in [0.5, 0.6) is 0 Å². The summed E-state index contributed by atoms with van der Waals surface area (Å²) in [7, 11) is 0. The van der Waals surface area contributed by atoms with E-state index in [2.05, 4.69) is 0 Å². The van der Waals surface area contributed by atoms with Crippen molar-refractivity contribution >= 4 is 33.0 Å². The second kappa shape index (κ2) is 5.55. The number of nitrogen functional groups attached to an aromatic ring is 1. The third-order valence-corrected chi connectivity index (χ3v) is 3.87. The molecule has 2 aromatic rings. The molecule has 100 valence electrons. The van der Waals surface area contributed by atoms with E-state index < -0.39 is 11.7 Å². The molecule has 0 aliphatic carbocycles. The lowest BCUT2D eigenvalue weighted by Gasteiger charge is -2.14. The summed E-state index contributed by atoms with van der Waals surface area (Å²) >= 11 is 1.12. The van der Waals surface area contributed by atoms with Gasteiger partial charge >= 0.3 is 0 Å². The molecule has 7 heteroatoms. The van der Waals surface area contributed by atoms with E-state index in [4.69, 9.17) is 16.3 Å². The van der Waals surface area contributed by atoms with Gasteiger partial charge in [0.1, 0.15) is 23.8 Å². The van der Waals surface area contributed by atoms with Gasteiger partial charge in [0.25, 0.3) is 5.91 Å². The number of carbonyl (C=O) groups excluding carboxylic acids is 1. The van der Waals surface area contributed by atoms with Crippen LogP contribution in [0.4, 0.5) is 10.1 Å². The molecule has 0 aliphatic heterocycles. The number of fused-ring (bicyclic) bond motifs is 1. The topological polar surface area (TPSA) is 93.9 Å². The van der Waals surface area contributed by atoms with Gasteiger partial charge in [-0.3, -0.25) is 4.79 Å². The summed E-state index contributed by atoms with van der Waals surface area (Å²) in [5.41, 5.74) is 6.05. The van der Waals surface area contributed by atoms with Crippen molar-refractivity contribution in [3.63, 3.8) is 0 Å². The van der Waals surface area contributed by atoms with E-state index >= 15 is 0 Å². The Kier molecular flexibility index (Phi) is 3.83. The minimum atomic E-state index is -0.493. The van der Waals surface area contributed by atoms with Crippen LogP contribution in [0.1, 0.15) is 9.67 Å². The molecule has 0 spiro atoms. The van der Waals surface area contributed by atoms with E-state index in [1.54, 1.807) is 6.07 Å². The van der Waals surface area contributed by atoms with E-state index in [9.17, 15) is 9.18 Å². The van der Waals surface area contributed by atoms with Gasteiger partial charge in [0.05, 0.1) is 17.8 Å². The van der Waals surface area contributed by atoms with Crippen LogP contribution in [-0.2, 0) is 0 Å². The molecule has 2 N–H and O–H groups in total. The molecule has 1 aromatic heterocycles. The van der Waals surface area contributed by atoms with Crippen molar-refractivity contribution in [1.82, 2.24) is 4.90 Å². The Morgan fingerprint density at radius 1 is 1.35 bits per heavy atom. The molecule has 1 aromatic carbocycles. The molecule has 1 amide bonds. The monoisotopic (exact) mass is 288 g/mol. The summed E-state index contributed by atoms with van der Waals surface area (Å²) < 4.78 is 13.9. The highest BCUT2D eigenvalue weighted by atomic mass is 32.1. The van der Waals surface area contributed by atoms with Gasteiger partial charge in [0.15, 0.2) is 0 Å². The molecule has 0 atom stereocenters. The molecule has 0 saturated carbocycles. The highest BCUT2D eigenvalue weighted by Crippen LogP contribution is 2.34. The maximum absolute atomic E-state index is 13.2. The first kappa shape index (κ1) is 13.8. The minimum absolute atomic E-state index is 0.176. The summed E-state index contributed by atoms with van der Waals surface area (Å²) in [6.45, 7) is -0.400. The fourth-order valence-corrected chi connectivity index (χ4v) is 2.83. The van der Waals surface area contributed by atoms with E-state index in [-0.39, 0.29) is 23.7 Å². The number of benzene rings is 1. The van der Waals surface area contributed by atoms with Crippen molar-refractivity contribution in [2.75, 3.05) is 18.8 Å². The van der Waals surface area contributed by atoms with Crippen LogP contribution in [0.2, 0.25) is 0 Å². The third kappa shape index (κ3) is 2.40. The van der Waals surface area contributed by atoms with E-state index in [0.29, 0.717) is 10.1 Å². The second-order valence-corrected chi connectivity index (χ2v) is 5.01. The number of nitriles is 2. The predicted octanol–water partition coefficient (Wildman–Crippen LogP) is 2.11. The van der Waals surface area contributed by atoms with Crippen molar-refractivity contribution < 1.29 is 9.18 Å². The second-order valence-electron chi connectivity index (χ2n) is 3.96. The van der Waals surface area contributed by atoms with Gasteiger partial charge in [-0.1, -0.05) is 0 Å². The van der Waals surface area contributed by atoms with Gasteiger partial charge in [-0.15, -0.1) is 11.3 Å². The first-order valence-corrected chi connectivity index (χ1v) is 6.40. The van der Waals surface area contributed by atoms with Gasteiger partial charge in [-0.25, -0.2) is 4.39 Å². The number of rotatable bonds is 3. The highest BCUT2D eigenvalue weighted by molar-refractivity contribution is 7.21. The van der Waals surface area contributed by atoms with Crippen LogP contribution in [0.15, 0.2) is 18.2 Å². The van der Waals surface area contributed by atoms with Crippen molar-refractivity contribution in [3.8, 4) is 12.1 Å². The molecule has 5 nitrogen and oxygen atoms in total. The Labute approximate surface area is 118 Å². The first-order valence-electron chi connectivity index (χ1n) is 5.59. The number of hydrogen-bond acceptors (Lipinski definition) is 5. The quantitative estimate of drug-likeness (QED) is 0.875. The molecule has 0 bridgehead atoms. The molecule has 20 heavy (non-hydrogen) atoms. The molecular formula is C13H9FN4OS. The third-order valence-electron chi connectivity index (χ3n) is 2.69. The van der Waals surface area contributed by atoms with Crippen molar-refractivity contribution in [2.24, 2.45) is 0 Å². The molecule has 0 aliphatic rings. The van der Waals surface area contributed by atoms with Crippen molar-refractivity contribution in [1.29, 1.82) is 10.5 Å². The zero-order valence-electron chi connectivity index (χ0n) is 10.3. The van der Waals surface area contributed by atoms with Crippen molar-refractivity contribution in [2.45, 2.75) is 0 Å². The number of carbonyl (C=O) groups is 1. The zero-order chi connectivity index (χ0) is 14.7. The summed E-state index contributed by atoms with van der Waals surface area (Å²) in [5.74, 6) is -0.931. The Hall–Kier alpha value is -2.64. The molecule has 2 rings (SSSR count). The Balaban J connectivity index is 2.47. The molecule has 1 heterocycles. The molecular weight excluding hydrogens is 279 g/mol. The maximum atomic E-state index is 13.2. The number of nitrogens with two attached hydrogens (primary N) is 1. The van der Waals surface area contributed by atoms with Crippen LogP contribution in [0, 0.1) is 28.5 Å². The molecule has 0 fully saturated rings. The van der Waals surface area contributed by atoms with Crippen LogP contribution in [-0.4, -0.2) is 23.9 Å². The summed E-state index contributed by atoms with van der Waals surface area (Å²) in [6.07, 6.45) is 0. The molecule has 0 radical (unpaired) electrons. The number of anilines is 1. The standard InChI is InChI=1S/C13H9FN4OS/c14-8-1-2-10-9(7-8)11(17)12(20-10)13(19)18(5-3-15)6-4-16/h1-2,7H,5-6,17H2. The minimum Gasteiger partial charge on any atom is -0.397 e. The van der Waals surface area contributed by atoms with Crippen LogP contribution in [0.25, 0.3) is 10.1 Å². The Bertz CT molecular complexity index is 740. The zero-order valence-corrected chi connectivity index (χ0v) is 11.1. The predicted molar refractivity (Wildman–Crippen MR) is 73.3 cm³/mol. The van der Waals surface area contributed by atoms with Gasteiger partial charge in [-0.05, 0) is 18.2 Å². The lowest BCUT2D eigenvalue weighted by atomic mass is 10.2. The van der Waals surface area contributed by atoms with Crippen molar-refractivity contribution in [3.05, 3.63) is 28.9 Å². The lowest BCUT2D eigenvalue weighted by molar-refractivity contribution is 0.0800. The number of hydrogen-bond donors (Lipinski definition) is 1. The lowest BCUT2D eigenvalue weighted by Crippen LogP contribution is -2.31. The molecule has 0 unspecified atom stereocenters. The SMILES string of the molecule is N#CCN(CC#N)C(=O)c1sc2ccc(F)cc2c1N. The van der Waals surface area contributed by atoms with Gasteiger partial charge in [0.2, 0.25) is 0 Å². The maximum Gasteiger partial charge on any atom is 0.267 e. The average molecular weight is 288 g/mol. The van der Waals surface area contributed by atoms with Crippen LogP contribution in [0.3, 0.4) is 0 Å². The number of amides is 1. The highest BCUT2D eigenvalue weighted by Gasteiger charge is 2.22. The fraction of sp³-hybridized carbons (Fsp3) is 0.154. The van der Waals surface area contributed by atoms with E-state index in [0.717, 1.165) is 16.2 Å². The Morgan fingerprint density at radius 2 is 2.00 bits per heavy atom. The van der Waals surface area contributed by atoms with E-state index in [1.807, 2.05) is 12.1 Å². The van der Waals surface area contributed by atoms with Gasteiger partial charge in [-0.2, -0.15) is 10.5 Å². The van der Waals surface area contributed by atoms with Gasteiger partial charge in [0, 0.05) is 10.1 Å². The molecule has 0 saturated heterocycles. The average Bonchev–Trinajstić information content (AvgIpc) is 2.75. The fourth-order valence-electron chi connectivity index (χ4n) is 1.76. The number of thiophene rings is 1. The van der Waals surface area contributed by atoms with Crippen LogP contribution < -0.4 is 5.73 Å². The summed E-state index contributed by atoms with van der Waals surface area (Å²) in [6, 6.07) is 7.74. The summed E-state index contributed by atoms with van der Waals surface area (Å²) in [4.78, 5) is 13.6. The van der Waals surface area contributed by atoms with Crippen LogP contribution >= 0.6 is 11.3 Å². The van der Waals surface area contributed by atoms with E-state index in [1.165, 1.54) is 12.1 Å². The summed E-state index contributed by atoms with van der Waals surface area (Å²) in [5, 5.41) is 17.8. The smallest absolute Gasteiger partial charge is 0.267 e. The largest absolute Gasteiger partial charge is 0.397 e. The number of nitrogens with zero attached hydrogens (tertiary/aromatic N) is 3.